The molecule has 1 fully saturated rings. The van der Waals surface area contributed by atoms with Crippen molar-refractivity contribution in [1.82, 2.24) is 10.0 Å². The summed E-state index contributed by atoms with van der Waals surface area (Å²) in [5, 5.41) is 4.57. The molecule has 2 heterocycles. The Balaban J connectivity index is 1.68. The number of methoxy groups -OCH3 is 1. The zero-order valence-electron chi connectivity index (χ0n) is 14.3. The number of hydrazine groups is 1. The molecule has 2 aliphatic heterocycles. The fraction of sp³-hybridized carbons (Fsp3) is 0.421. The zero-order valence-corrected chi connectivity index (χ0v) is 14.3. The van der Waals surface area contributed by atoms with E-state index in [0.717, 1.165) is 29.7 Å². The number of hydrogen-bond donors (Lipinski definition) is 0. The lowest BCUT2D eigenvalue weighted by Gasteiger charge is -2.37. The lowest BCUT2D eigenvalue weighted by molar-refractivity contribution is 0.0236. The smallest absolute Gasteiger partial charge is 0.165 e. The van der Waals surface area contributed by atoms with Crippen LogP contribution in [0.3, 0.4) is 0 Å². The highest BCUT2D eigenvalue weighted by Crippen LogP contribution is 2.39. The van der Waals surface area contributed by atoms with Gasteiger partial charge in [0, 0.05) is 23.8 Å². The van der Waals surface area contributed by atoms with Crippen LogP contribution < -0.4 is 4.74 Å². The summed E-state index contributed by atoms with van der Waals surface area (Å²) in [4.78, 5) is 4.77. The Morgan fingerprint density at radius 2 is 2.12 bits per heavy atom. The van der Waals surface area contributed by atoms with E-state index in [9.17, 15) is 4.39 Å². The summed E-state index contributed by atoms with van der Waals surface area (Å²) in [5.74, 6) is 1.59. The van der Waals surface area contributed by atoms with Gasteiger partial charge < -0.3 is 4.74 Å². The van der Waals surface area contributed by atoms with E-state index in [1.54, 1.807) is 6.07 Å². The van der Waals surface area contributed by atoms with Gasteiger partial charge in [-0.2, -0.15) is 0 Å². The first-order chi connectivity index (χ1) is 11.6. The third kappa shape index (κ3) is 2.44. The van der Waals surface area contributed by atoms with Crippen LogP contribution in [0.2, 0.25) is 0 Å². The SMILES string of the molecule is COc1c(F)cccc1C1=NC2=CCN([C@@H](C)C3CC3)N2C(C)=C1. The molecule has 1 aromatic carbocycles. The molecule has 1 aromatic rings. The van der Waals surface area contributed by atoms with E-state index < -0.39 is 0 Å². The standard InChI is InChI=1S/C19H22FN3O/c1-12-11-17(15-5-4-6-16(20)19(15)24-3)21-18-9-10-22(23(12)18)13(2)14-7-8-14/h4-6,9,11,13-14H,7-8,10H2,1-3H3/t13-/m0/s1. The molecule has 0 amide bonds. The quantitative estimate of drug-likeness (QED) is 0.844. The van der Waals surface area contributed by atoms with Gasteiger partial charge in [0.2, 0.25) is 0 Å². The van der Waals surface area contributed by atoms with Crippen LogP contribution in [0.4, 0.5) is 4.39 Å². The Hall–Kier alpha value is -2.14. The molecule has 0 aromatic heterocycles. The number of fused-ring (bicyclic) bond motifs is 1. The third-order valence-electron chi connectivity index (χ3n) is 5.07. The van der Waals surface area contributed by atoms with Crippen LogP contribution >= 0.6 is 0 Å². The van der Waals surface area contributed by atoms with Crippen LogP contribution in [0.15, 0.2) is 46.9 Å². The zero-order chi connectivity index (χ0) is 16.8. The normalized spacial score (nSPS) is 21.8. The van der Waals surface area contributed by atoms with Crippen molar-refractivity contribution in [3.8, 4) is 5.75 Å². The third-order valence-corrected chi connectivity index (χ3v) is 5.07. The van der Waals surface area contributed by atoms with E-state index in [0.29, 0.717) is 11.6 Å². The number of para-hydroxylation sites is 1. The second-order valence-electron chi connectivity index (χ2n) is 6.68. The monoisotopic (exact) mass is 327 g/mol. The molecule has 24 heavy (non-hydrogen) atoms. The van der Waals surface area contributed by atoms with Gasteiger partial charge in [-0.25, -0.2) is 14.4 Å². The molecule has 1 saturated carbocycles. The first-order valence-electron chi connectivity index (χ1n) is 8.47. The Labute approximate surface area is 141 Å². The molecule has 4 nitrogen and oxygen atoms in total. The van der Waals surface area contributed by atoms with Crippen LogP contribution in [0.1, 0.15) is 32.3 Å². The largest absolute Gasteiger partial charge is 0.493 e. The minimum absolute atomic E-state index is 0.246. The molecule has 0 saturated heterocycles. The minimum atomic E-state index is -0.365. The number of allylic oxidation sites excluding steroid dienone is 2. The highest BCUT2D eigenvalue weighted by Gasteiger charge is 2.38. The van der Waals surface area contributed by atoms with Gasteiger partial charge in [0.05, 0.1) is 12.8 Å². The number of aliphatic imine (C=N–C) groups is 1. The Bertz CT molecular complexity index is 764. The molecule has 0 unspecified atom stereocenters. The van der Waals surface area contributed by atoms with Crippen LogP contribution in [0.25, 0.3) is 0 Å². The van der Waals surface area contributed by atoms with E-state index in [1.165, 1.54) is 26.0 Å². The Morgan fingerprint density at radius 1 is 1.33 bits per heavy atom. The first kappa shape index (κ1) is 15.4. The first-order valence-corrected chi connectivity index (χ1v) is 8.47. The van der Waals surface area contributed by atoms with Crippen molar-refractivity contribution < 1.29 is 9.13 Å². The number of nitrogens with zero attached hydrogens (tertiary/aromatic N) is 3. The van der Waals surface area contributed by atoms with Crippen molar-refractivity contribution in [1.29, 1.82) is 0 Å². The predicted molar refractivity (Wildman–Crippen MR) is 92.1 cm³/mol. The maximum atomic E-state index is 14.0. The van der Waals surface area contributed by atoms with Crippen molar-refractivity contribution in [2.75, 3.05) is 13.7 Å². The van der Waals surface area contributed by atoms with Gasteiger partial charge in [0.1, 0.15) is 5.82 Å². The van der Waals surface area contributed by atoms with E-state index in [-0.39, 0.29) is 11.6 Å². The lowest BCUT2D eigenvalue weighted by atomic mass is 10.1. The van der Waals surface area contributed by atoms with Gasteiger partial charge in [-0.05, 0) is 56.9 Å². The van der Waals surface area contributed by atoms with Crippen molar-refractivity contribution in [3.63, 3.8) is 0 Å². The van der Waals surface area contributed by atoms with Gasteiger partial charge in [0.15, 0.2) is 11.6 Å². The molecule has 126 valence electrons. The van der Waals surface area contributed by atoms with Gasteiger partial charge in [-0.3, -0.25) is 5.01 Å². The summed E-state index contributed by atoms with van der Waals surface area (Å²) in [6.45, 7) is 5.23. The summed E-state index contributed by atoms with van der Waals surface area (Å²) in [7, 11) is 1.49. The van der Waals surface area contributed by atoms with Crippen LogP contribution in [-0.4, -0.2) is 35.4 Å². The molecular weight excluding hydrogens is 305 g/mol. The van der Waals surface area contributed by atoms with E-state index in [2.05, 4.69) is 29.9 Å². The van der Waals surface area contributed by atoms with Gasteiger partial charge in [-0.15, -0.1) is 0 Å². The van der Waals surface area contributed by atoms with Crippen LogP contribution in [0.5, 0.6) is 5.75 Å². The topological polar surface area (TPSA) is 28.1 Å². The van der Waals surface area contributed by atoms with E-state index in [1.807, 2.05) is 12.1 Å². The summed E-state index contributed by atoms with van der Waals surface area (Å²) in [6, 6.07) is 5.46. The maximum Gasteiger partial charge on any atom is 0.165 e. The van der Waals surface area contributed by atoms with Gasteiger partial charge >= 0.3 is 0 Å². The molecule has 0 spiro atoms. The molecule has 0 radical (unpaired) electrons. The van der Waals surface area contributed by atoms with E-state index >= 15 is 0 Å². The Kier molecular flexibility index (Phi) is 3.68. The Morgan fingerprint density at radius 3 is 2.83 bits per heavy atom. The number of rotatable bonds is 4. The van der Waals surface area contributed by atoms with Crippen molar-refractivity contribution >= 4 is 5.71 Å². The molecular formula is C19H22FN3O. The highest BCUT2D eigenvalue weighted by atomic mass is 19.1. The molecule has 4 rings (SSSR count). The van der Waals surface area contributed by atoms with Gasteiger partial charge in [0.25, 0.3) is 0 Å². The molecule has 1 aliphatic carbocycles. The molecule has 5 heteroatoms. The average molecular weight is 327 g/mol. The summed E-state index contributed by atoms with van der Waals surface area (Å²) < 4.78 is 19.2. The predicted octanol–water partition coefficient (Wildman–Crippen LogP) is 3.71. The molecule has 3 aliphatic rings. The fourth-order valence-electron chi connectivity index (χ4n) is 3.59. The van der Waals surface area contributed by atoms with Crippen LogP contribution in [0, 0.1) is 11.7 Å². The number of halogens is 1. The molecule has 1 atom stereocenters. The number of ether oxygens (including phenoxy) is 1. The average Bonchev–Trinajstić information content (AvgIpc) is 3.33. The summed E-state index contributed by atoms with van der Waals surface area (Å²) in [6.07, 6.45) is 6.78. The lowest BCUT2D eigenvalue weighted by Crippen LogP contribution is -2.44. The molecule has 0 bridgehead atoms. The number of benzene rings is 1. The fourth-order valence-corrected chi connectivity index (χ4v) is 3.59. The van der Waals surface area contributed by atoms with Gasteiger partial charge in [-0.1, -0.05) is 6.07 Å². The minimum Gasteiger partial charge on any atom is -0.493 e. The summed E-state index contributed by atoms with van der Waals surface area (Å²) in [5.41, 5.74) is 2.53. The van der Waals surface area contributed by atoms with Crippen molar-refractivity contribution in [2.24, 2.45) is 10.9 Å². The second-order valence-corrected chi connectivity index (χ2v) is 6.68. The van der Waals surface area contributed by atoms with E-state index in [4.69, 9.17) is 9.73 Å². The highest BCUT2D eigenvalue weighted by molar-refractivity contribution is 6.11. The van der Waals surface area contributed by atoms with Crippen molar-refractivity contribution in [2.45, 2.75) is 32.7 Å². The summed E-state index contributed by atoms with van der Waals surface area (Å²) >= 11 is 0. The van der Waals surface area contributed by atoms with Crippen molar-refractivity contribution in [3.05, 3.63) is 53.2 Å². The van der Waals surface area contributed by atoms with Crippen LogP contribution in [-0.2, 0) is 0 Å². The maximum absolute atomic E-state index is 14.0. The number of hydrogen-bond acceptors (Lipinski definition) is 4. The molecule has 0 N–H and O–H groups in total. The second kappa shape index (κ2) is 5.74.